The summed E-state index contributed by atoms with van der Waals surface area (Å²) in [7, 11) is 0. The molecule has 2 aliphatic rings. The van der Waals surface area contributed by atoms with Crippen LogP contribution in [-0.2, 0) is 0 Å². The van der Waals surface area contributed by atoms with E-state index in [1.165, 1.54) is 64.8 Å². The zero-order chi connectivity index (χ0) is 13.6. The van der Waals surface area contributed by atoms with Crippen LogP contribution in [-0.4, -0.2) is 37.6 Å². The highest BCUT2D eigenvalue weighted by molar-refractivity contribution is 5.19. The van der Waals surface area contributed by atoms with Crippen LogP contribution in [0.1, 0.15) is 43.6 Å². The molecule has 1 aromatic rings. The summed E-state index contributed by atoms with van der Waals surface area (Å²) < 4.78 is 0. The molecule has 0 radical (unpaired) electrons. The van der Waals surface area contributed by atoms with Crippen molar-refractivity contribution in [2.45, 2.75) is 38.0 Å². The van der Waals surface area contributed by atoms with E-state index < -0.39 is 0 Å². The van der Waals surface area contributed by atoms with Gasteiger partial charge >= 0.3 is 0 Å². The summed E-state index contributed by atoms with van der Waals surface area (Å²) in [6.45, 7) is 6.40. The molecule has 2 saturated heterocycles. The van der Waals surface area contributed by atoms with Crippen molar-refractivity contribution in [3.05, 3.63) is 35.9 Å². The normalized spacial score (nSPS) is 26.3. The highest BCUT2D eigenvalue weighted by Gasteiger charge is 2.21. The van der Waals surface area contributed by atoms with E-state index >= 15 is 0 Å². The minimum absolute atomic E-state index is 0.786. The third-order valence-electron chi connectivity index (χ3n) is 5.07. The Morgan fingerprint density at radius 1 is 0.950 bits per heavy atom. The van der Waals surface area contributed by atoms with Gasteiger partial charge < -0.3 is 10.2 Å². The number of hydrogen-bond acceptors (Lipinski definition) is 2. The molecule has 20 heavy (non-hydrogen) atoms. The maximum absolute atomic E-state index is 3.47. The van der Waals surface area contributed by atoms with E-state index in [0.717, 1.165) is 11.8 Å². The molecule has 2 heterocycles. The molecule has 1 aromatic carbocycles. The van der Waals surface area contributed by atoms with Gasteiger partial charge in [-0.15, -0.1) is 0 Å². The van der Waals surface area contributed by atoms with Crippen LogP contribution in [0.2, 0.25) is 0 Å². The molecule has 2 nitrogen and oxygen atoms in total. The highest BCUT2D eigenvalue weighted by Crippen LogP contribution is 2.28. The topological polar surface area (TPSA) is 15.3 Å². The fraction of sp³-hybridized carbons (Fsp3) is 0.667. The fourth-order valence-electron chi connectivity index (χ4n) is 3.83. The maximum atomic E-state index is 3.47. The summed E-state index contributed by atoms with van der Waals surface area (Å²) in [5.41, 5.74) is 1.55. The minimum atomic E-state index is 0.786. The lowest BCUT2D eigenvalue weighted by molar-refractivity contribution is 0.211. The Kier molecular flexibility index (Phi) is 5.10. The van der Waals surface area contributed by atoms with Crippen LogP contribution in [0.4, 0.5) is 0 Å². The molecule has 0 bridgehead atoms. The quantitative estimate of drug-likeness (QED) is 0.908. The van der Waals surface area contributed by atoms with Crippen molar-refractivity contribution < 1.29 is 0 Å². The Balaban J connectivity index is 1.51. The van der Waals surface area contributed by atoms with E-state index in [0.29, 0.717) is 0 Å². The molecule has 110 valence electrons. The van der Waals surface area contributed by atoms with Crippen LogP contribution in [0, 0.1) is 5.92 Å². The second-order valence-electron chi connectivity index (χ2n) is 6.53. The van der Waals surface area contributed by atoms with Gasteiger partial charge in [-0.2, -0.15) is 0 Å². The number of benzene rings is 1. The summed E-state index contributed by atoms with van der Waals surface area (Å²) in [5, 5.41) is 3.47. The van der Waals surface area contributed by atoms with Gasteiger partial charge in [-0.3, -0.25) is 0 Å². The Hall–Kier alpha value is -0.860. The van der Waals surface area contributed by atoms with Gasteiger partial charge in [0.25, 0.3) is 0 Å². The summed E-state index contributed by atoms with van der Waals surface area (Å²) in [5.74, 6) is 1.72. The molecule has 1 unspecified atom stereocenters. The van der Waals surface area contributed by atoms with Crippen molar-refractivity contribution in [3.8, 4) is 0 Å². The van der Waals surface area contributed by atoms with Gasteiger partial charge in [-0.1, -0.05) is 30.3 Å². The van der Waals surface area contributed by atoms with Crippen molar-refractivity contribution >= 4 is 0 Å². The van der Waals surface area contributed by atoms with Crippen LogP contribution in [0.3, 0.4) is 0 Å². The second-order valence-corrected chi connectivity index (χ2v) is 6.53. The Bertz CT molecular complexity index is 384. The first-order chi connectivity index (χ1) is 9.92. The summed E-state index contributed by atoms with van der Waals surface area (Å²) in [6.07, 6.45) is 6.82. The van der Waals surface area contributed by atoms with Crippen molar-refractivity contribution in [1.29, 1.82) is 0 Å². The smallest absolute Gasteiger partial charge is 0.00106 e. The number of hydrogen-bond donors (Lipinski definition) is 1. The maximum Gasteiger partial charge on any atom is 0.00106 e. The average Bonchev–Trinajstić information content (AvgIpc) is 2.75. The number of nitrogens with zero attached hydrogens (tertiary/aromatic N) is 1. The van der Waals surface area contributed by atoms with Crippen LogP contribution < -0.4 is 5.32 Å². The Labute approximate surface area is 123 Å². The molecule has 2 aliphatic heterocycles. The standard InChI is InChI=1S/C18H28N2/c1-2-5-17(6-3-1)18-7-4-13-20(14-10-18)15-16-8-11-19-12-9-16/h1-3,5-6,16,18-19H,4,7-15H2. The van der Waals surface area contributed by atoms with Crippen LogP contribution in [0.25, 0.3) is 0 Å². The highest BCUT2D eigenvalue weighted by atomic mass is 15.1. The molecule has 1 atom stereocenters. The SMILES string of the molecule is c1ccc(C2CCCN(CC3CCNCC3)CC2)cc1. The second kappa shape index (κ2) is 7.24. The molecule has 1 N–H and O–H groups in total. The lowest BCUT2D eigenvalue weighted by Crippen LogP contribution is -2.36. The van der Waals surface area contributed by atoms with Crippen LogP contribution in [0.5, 0.6) is 0 Å². The number of rotatable bonds is 3. The first-order valence-electron chi connectivity index (χ1n) is 8.40. The Morgan fingerprint density at radius 2 is 1.75 bits per heavy atom. The van der Waals surface area contributed by atoms with Crippen molar-refractivity contribution in [1.82, 2.24) is 10.2 Å². The van der Waals surface area contributed by atoms with E-state index in [1.54, 1.807) is 5.56 Å². The van der Waals surface area contributed by atoms with E-state index in [4.69, 9.17) is 0 Å². The first-order valence-corrected chi connectivity index (χ1v) is 8.40. The largest absolute Gasteiger partial charge is 0.317 e. The summed E-state index contributed by atoms with van der Waals surface area (Å²) >= 11 is 0. The zero-order valence-corrected chi connectivity index (χ0v) is 12.6. The third kappa shape index (κ3) is 3.83. The molecule has 0 aromatic heterocycles. The van der Waals surface area contributed by atoms with E-state index in [2.05, 4.69) is 40.5 Å². The van der Waals surface area contributed by atoms with Gasteiger partial charge in [0, 0.05) is 6.54 Å². The molecule has 2 heteroatoms. The molecule has 0 amide bonds. The van der Waals surface area contributed by atoms with Gasteiger partial charge in [0.2, 0.25) is 0 Å². The molecular weight excluding hydrogens is 244 g/mol. The van der Waals surface area contributed by atoms with Gasteiger partial charge in [0.15, 0.2) is 0 Å². The van der Waals surface area contributed by atoms with Crippen LogP contribution in [0.15, 0.2) is 30.3 Å². The van der Waals surface area contributed by atoms with Crippen molar-refractivity contribution in [3.63, 3.8) is 0 Å². The average molecular weight is 272 g/mol. The predicted molar refractivity (Wildman–Crippen MR) is 85.1 cm³/mol. The van der Waals surface area contributed by atoms with Gasteiger partial charge in [0.05, 0.1) is 0 Å². The number of nitrogens with one attached hydrogen (secondary N) is 1. The van der Waals surface area contributed by atoms with E-state index in [-0.39, 0.29) is 0 Å². The monoisotopic (exact) mass is 272 g/mol. The Morgan fingerprint density at radius 3 is 2.55 bits per heavy atom. The number of piperidine rings is 1. The predicted octanol–water partition coefficient (Wildman–Crippen LogP) is 3.26. The van der Waals surface area contributed by atoms with E-state index in [9.17, 15) is 0 Å². The molecule has 0 aliphatic carbocycles. The zero-order valence-electron chi connectivity index (χ0n) is 12.6. The summed E-state index contributed by atoms with van der Waals surface area (Å²) in [4.78, 5) is 2.74. The fourth-order valence-corrected chi connectivity index (χ4v) is 3.83. The lowest BCUT2D eigenvalue weighted by atomic mass is 9.92. The van der Waals surface area contributed by atoms with Gasteiger partial charge in [0.1, 0.15) is 0 Å². The molecular formula is C18H28N2. The lowest BCUT2D eigenvalue weighted by Gasteiger charge is -2.29. The summed E-state index contributed by atoms with van der Waals surface area (Å²) in [6, 6.07) is 11.1. The van der Waals surface area contributed by atoms with Gasteiger partial charge in [-0.25, -0.2) is 0 Å². The molecule has 2 fully saturated rings. The van der Waals surface area contributed by atoms with Crippen molar-refractivity contribution in [2.75, 3.05) is 32.7 Å². The van der Waals surface area contributed by atoms with E-state index in [1.807, 2.05) is 0 Å². The molecule has 0 spiro atoms. The minimum Gasteiger partial charge on any atom is -0.317 e. The third-order valence-corrected chi connectivity index (χ3v) is 5.07. The van der Waals surface area contributed by atoms with Crippen molar-refractivity contribution in [2.24, 2.45) is 5.92 Å². The molecule has 0 saturated carbocycles. The first kappa shape index (κ1) is 14.1. The van der Waals surface area contributed by atoms with Crippen LogP contribution >= 0.6 is 0 Å². The van der Waals surface area contributed by atoms with Gasteiger partial charge in [-0.05, 0) is 75.7 Å². The number of likely N-dealkylation sites (tertiary alicyclic amines) is 1. The molecule has 3 rings (SSSR count).